The van der Waals surface area contributed by atoms with Crippen molar-refractivity contribution in [2.75, 3.05) is 19.7 Å². The van der Waals surface area contributed by atoms with Gasteiger partial charge in [-0.15, -0.1) is 0 Å². The standard InChI is InChI=1S/C22H25Br2NO2S/c1-3-26-20-13-17(22(28)25-10-8-15(2)9-11-25)12-19(24)21(20)27-14-16-4-6-18(23)7-5-16/h4-7,12-13,15H,3,8-11,14H2,1-2H3. The average Bonchev–Trinajstić information content (AvgIpc) is 2.69. The maximum Gasteiger partial charge on any atom is 0.175 e. The van der Waals surface area contributed by atoms with Gasteiger partial charge in [-0.25, -0.2) is 0 Å². The van der Waals surface area contributed by atoms with Crippen LogP contribution in [0.1, 0.15) is 37.8 Å². The van der Waals surface area contributed by atoms with Crippen LogP contribution in [0, 0.1) is 5.92 Å². The fourth-order valence-corrected chi connectivity index (χ4v) is 4.35. The van der Waals surface area contributed by atoms with Gasteiger partial charge in [0.05, 0.1) is 11.1 Å². The summed E-state index contributed by atoms with van der Waals surface area (Å²) >= 11 is 12.9. The Hall–Kier alpha value is -1.11. The summed E-state index contributed by atoms with van der Waals surface area (Å²) in [6.07, 6.45) is 2.38. The van der Waals surface area contributed by atoms with Crippen LogP contribution in [0.2, 0.25) is 0 Å². The zero-order chi connectivity index (χ0) is 20.1. The van der Waals surface area contributed by atoms with Gasteiger partial charge in [0.2, 0.25) is 0 Å². The number of thiocarbonyl (C=S) groups is 1. The molecule has 0 radical (unpaired) electrons. The van der Waals surface area contributed by atoms with Gasteiger partial charge in [-0.3, -0.25) is 0 Å². The number of piperidine rings is 1. The molecule has 0 N–H and O–H groups in total. The van der Waals surface area contributed by atoms with E-state index in [4.69, 9.17) is 21.7 Å². The normalized spacial score (nSPS) is 14.8. The summed E-state index contributed by atoms with van der Waals surface area (Å²) in [6, 6.07) is 12.2. The zero-order valence-electron chi connectivity index (χ0n) is 16.2. The second-order valence-electron chi connectivity index (χ2n) is 7.11. The van der Waals surface area contributed by atoms with Gasteiger partial charge >= 0.3 is 0 Å². The summed E-state index contributed by atoms with van der Waals surface area (Å²) in [6.45, 7) is 7.36. The Bertz CT molecular complexity index is 818. The van der Waals surface area contributed by atoms with Gasteiger partial charge in [0.1, 0.15) is 11.6 Å². The lowest BCUT2D eigenvalue weighted by Gasteiger charge is -2.32. The summed E-state index contributed by atoms with van der Waals surface area (Å²) in [7, 11) is 0. The van der Waals surface area contributed by atoms with Crippen molar-refractivity contribution in [2.45, 2.75) is 33.3 Å². The van der Waals surface area contributed by atoms with Crippen LogP contribution in [0.15, 0.2) is 45.3 Å². The van der Waals surface area contributed by atoms with Crippen molar-refractivity contribution >= 4 is 49.1 Å². The number of rotatable bonds is 6. The average molecular weight is 527 g/mol. The van der Waals surface area contributed by atoms with E-state index in [0.717, 1.165) is 49.8 Å². The minimum Gasteiger partial charge on any atom is -0.490 e. The third-order valence-electron chi connectivity index (χ3n) is 4.92. The lowest BCUT2D eigenvalue weighted by atomic mass is 9.99. The number of benzene rings is 2. The molecule has 1 saturated heterocycles. The summed E-state index contributed by atoms with van der Waals surface area (Å²) in [5.74, 6) is 2.21. The van der Waals surface area contributed by atoms with Gasteiger partial charge in [-0.2, -0.15) is 0 Å². The molecule has 2 aromatic carbocycles. The molecule has 0 amide bonds. The molecule has 28 heavy (non-hydrogen) atoms. The van der Waals surface area contributed by atoms with E-state index in [-0.39, 0.29) is 0 Å². The molecule has 0 unspecified atom stereocenters. The van der Waals surface area contributed by atoms with Gasteiger partial charge in [-0.05, 0) is 71.4 Å². The van der Waals surface area contributed by atoms with Crippen LogP contribution in [0.5, 0.6) is 11.5 Å². The smallest absolute Gasteiger partial charge is 0.175 e. The molecule has 0 spiro atoms. The predicted molar refractivity (Wildman–Crippen MR) is 125 cm³/mol. The minimum absolute atomic E-state index is 0.472. The molecule has 1 aliphatic heterocycles. The molecule has 150 valence electrons. The second-order valence-corrected chi connectivity index (χ2v) is 9.26. The Morgan fingerprint density at radius 1 is 1.11 bits per heavy atom. The van der Waals surface area contributed by atoms with E-state index in [0.29, 0.717) is 19.0 Å². The van der Waals surface area contributed by atoms with Gasteiger partial charge in [0, 0.05) is 23.1 Å². The molecular weight excluding hydrogens is 502 g/mol. The van der Waals surface area contributed by atoms with Crippen LogP contribution in [0.25, 0.3) is 0 Å². The molecule has 1 aliphatic rings. The number of halogens is 2. The van der Waals surface area contributed by atoms with E-state index in [1.54, 1.807) is 0 Å². The molecule has 3 rings (SSSR count). The van der Waals surface area contributed by atoms with E-state index in [9.17, 15) is 0 Å². The van der Waals surface area contributed by atoms with Crippen molar-refractivity contribution in [3.63, 3.8) is 0 Å². The monoisotopic (exact) mass is 525 g/mol. The van der Waals surface area contributed by atoms with Crippen molar-refractivity contribution in [3.8, 4) is 11.5 Å². The molecule has 0 saturated carbocycles. The third-order valence-corrected chi connectivity index (χ3v) is 6.54. The van der Waals surface area contributed by atoms with Crippen molar-refractivity contribution in [3.05, 3.63) is 56.5 Å². The first-order valence-electron chi connectivity index (χ1n) is 9.60. The Morgan fingerprint density at radius 3 is 2.43 bits per heavy atom. The Labute approximate surface area is 189 Å². The van der Waals surface area contributed by atoms with Gasteiger partial charge in [0.15, 0.2) is 11.5 Å². The number of hydrogen-bond donors (Lipinski definition) is 0. The highest BCUT2D eigenvalue weighted by molar-refractivity contribution is 9.10. The first kappa shape index (κ1) is 21.6. The minimum atomic E-state index is 0.472. The maximum atomic E-state index is 6.10. The van der Waals surface area contributed by atoms with Crippen LogP contribution >= 0.6 is 44.1 Å². The van der Waals surface area contributed by atoms with E-state index in [2.05, 4.69) is 43.7 Å². The zero-order valence-corrected chi connectivity index (χ0v) is 20.2. The lowest BCUT2D eigenvalue weighted by Crippen LogP contribution is -2.37. The van der Waals surface area contributed by atoms with Crippen molar-refractivity contribution in [1.29, 1.82) is 0 Å². The SMILES string of the molecule is CCOc1cc(C(=S)N2CCC(C)CC2)cc(Br)c1OCc1ccc(Br)cc1. The number of hydrogen-bond acceptors (Lipinski definition) is 3. The quantitative estimate of drug-likeness (QED) is 0.395. The first-order valence-corrected chi connectivity index (χ1v) is 11.6. The summed E-state index contributed by atoms with van der Waals surface area (Å²) in [4.78, 5) is 3.18. The van der Waals surface area contributed by atoms with Crippen molar-refractivity contribution in [1.82, 2.24) is 4.90 Å². The predicted octanol–water partition coefficient (Wildman–Crippen LogP) is 6.60. The van der Waals surface area contributed by atoms with Crippen molar-refractivity contribution < 1.29 is 9.47 Å². The maximum absolute atomic E-state index is 6.10. The largest absolute Gasteiger partial charge is 0.490 e. The van der Waals surface area contributed by atoms with Crippen LogP contribution in [-0.2, 0) is 6.61 Å². The topological polar surface area (TPSA) is 21.7 Å². The highest BCUT2D eigenvalue weighted by Gasteiger charge is 2.21. The summed E-state index contributed by atoms with van der Waals surface area (Å²) in [5.41, 5.74) is 2.09. The summed E-state index contributed by atoms with van der Waals surface area (Å²) in [5, 5.41) is 0. The molecule has 1 heterocycles. The molecule has 3 nitrogen and oxygen atoms in total. The molecule has 0 bridgehead atoms. The molecule has 2 aromatic rings. The molecular formula is C22H25Br2NO2S. The highest BCUT2D eigenvalue weighted by atomic mass is 79.9. The number of likely N-dealkylation sites (tertiary alicyclic amines) is 1. The fraction of sp³-hybridized carbons (Fsp3) is 0.409. The van der Waals surface area contributed by atoms with E-state index >= 15 is 0 Å². The Balaban J connectivity index is 1.79. The highest BCUT2D eigenvalue weighted by Crippen LogP contribution is 2.38. The van der Waals surface area contributed by atoms with E-state index in [1.807, 2.05) is 43.3 Å². The van der Waals surface area contributed by atoms with Gasteiger partial charge in [-0.1, -0.05) is 47.2 Å². The second kappa shape index (κ2) is 10.1. The molecule has 0 aromatic heterocycles. The molecule has 0 atom stereocenters. The first-order chi connectivity index (χ1) is 13.5. The number of nitrogens with zero attached hydrogens (tertiary/aromatic N) is 1. The lowest BCUT2D eigenvalue weighted by molar-refractivity contribution is 0.267. The third kappa shape index (κ3) is 5.49. The molecule has 0 aliphatic carbocycles. The molecule has 1 fully saturated rings. The van der Waals surface area contributed by atoms with Crippen molar-refractivity contribution in [2.24, 2.45) is 5.92 Å². The molecule has 6 heteroatoms. The van der Waals surface area contributed by atoms with Gasteiger partial charge < -0.3 is 14.4 Å². The van der Waals surface area contributed by atoms with Crippen LogP contribution in [-0.4, -0.2) is 29.6 Å². The Morgan fingerprint density at radius 2 is 1.79 bits per heavy atom. The van der Waals surface area contributed by atoms with Crippen LogP contribution in [0.4, 0.5) is 0 Å². The number of ether oxygens (including phenoxy) is 2. The van der Waals surface area contributed by atoms with Gasteiger partial charge in [0.25, 0.3) is 0 Å². The van der Waals surface area contributed by atoms with E-state index < -0.39 is 0 Å². The van der Waals surface area contributed by atoms with E-state index in [1.165, 1.54) is 12.8 Å². The summed E-state index contributed by atoms with van der Waals surface area (Å²) < 4.78 is 13.9. The van der Waals surface area contributed by atoms with Crippen LogP contribution < -0.4 is 9.47 Å². The fourth-order valence-electron chi connectivity index (χ4n) is 3.22. The Kier molecular flexibility index (Phi) is 7.77. The van der Waals surface area contributed by atoms with Crippen LogP contribution in [0.3, 0.4) is 0 Å².